The maximum Gasteiger partial charge on any atom is 0.101 e. The van der Waals surface area contributed by atoms with Crippen molar-refractivity contribution in [1.29, 1.82) is 5.26 Å². The van der Waals surface area contributed by atoms with E-state index in [1.165, 1.54) is 0 Å². The van der Waals surface area contributed by atoms with Gasteiger partial charge in [-0.05, 0) is 18.6 Å². The summed E-state index contributed by atoms with van der Waals surface area (Å²) in [5, 5.41) is 8.72. The first kappa shape index (κ1) is 9.27. The van der Waals surface area contributed by atoms with Gasteiger partial charge in [0.15, 0.2) is 0 Å². The van der Waals surface area contributed by atoms with Crippen LogP contribution in [0.3, 0.4) is 0 Å². The lowest BCUT2D eigenvalue weighted by Crippen LogP contribution is -1.88. The summed E-state index contributed by atoms with van der Waals surface area (Å²) in [5.41, 5.74) is 2.42. The molecule has 3 nitrogen and oxygen atoms in total. The Morgan fingerprint density at radius 1 is 1.54 bits per heavy atom. The molecule has 3 heteroatoms. The molecule has 0 atom stereocenters. The predicted molar refractivity (Wildman–Crippen MR) is 49.7 cm³/mol. The average molecular weight is 174 g/mol. The first-order valence-corrected chi connectivity index (χ1v) is 3.83. The van der Waals surface area contributed by atoms with E-state index in [1.54, 1.807) is 31.8 Å². The van der Waals surface area contributed by atoms with E-state index < -0.39 is 0 Å². The van der Waals surface area contributed by atoms with E-state index in [2.05, 4.69) is 11.1 Å². The van der Waals surface area contributed by atoms with Crippen LogP contribution in [-0.4, -0.2) is 12.1 Å². The summed E-state index contributed by atoms with van der Waals surface area (Å²) in [6.07, 6.45) is 6.60. The molecule has 1 aromatic heterocycles. The largest absolute Gasteiger partial charge is 0.504 e. The number of hydrogen-bond donors (Lipinski definition) is 0. The smallest absolute Gasteiger partial charge is 0.101 e. The van der Waals surface area contributed by atoms with Crippen molar-refractivity contribution in [2.45, 2.75) is 6.92 Å². The molecular formula is C10H10N2O. The highest BCUT2D eigenvalue weighted by atomic mass is 16.5. The molecule has 1 aromatic rings. The van der Waals surface area contributed by atoms with Crippen molar-refractivity contribution in [1.82, 2.24) is 4.98 Å². The Hall–Kier alpha value is -1.82. The zero-order chi connectivity index (χ0) is 9.68. The van der Waals surface area contributed by atoms with Gasteiger partial charge in [0.25, 0.3) is 0 Å². The molecule has 0 bridgehead atoms. The fourth-order valence-corrected chi connectivity index (χ4v) is 0.963. The summed E-state index contributed by atoms with van der Waals surface area (Å²) in [6, 6.07) is 2.07. The van der Waals surface area contributed by atoms with Gasteiger partial charge in [0.2, 0.25) is 0 Å². The van der Waals surface area contributed by atoms with Crippen LogP contribution in [0.5, 0.6) is 0 Å². The maximum absolute atomic E-state index is 8.72. The normalized spacial score (nSPS) is 9.92. The maximum atomic E-state index is 8.72. The fraction of sp³-hybridized carbons (Fsp3) is 0.200. The molecule has 0 radical (unpaired) electrons. The first-order valence-electron chi connectivity index (χ1n) is 3.83. The van der Waals surface area contributed by atoms with Crippen LogP contribution in [0.25, 0.3) is 6.08 Å². The van der Waals surface area contributed by atoms with Crippen molar-refractivity contribution >= 4 is 6.08 Å². The Labute approximate surface area is 77.3 Å². The van der Waals surface area contributed by atoms with E-state index in [0.717, 1.165) is 11.1 Å². The van der Waals surface area contributed by atoms with Gasteiger partial charge in [-0.15, -0.1) is 0 Å². The Balaban J connectivity index is 3.10. The van der Waals surface area contributed by atoms with Crippen molar-refractivity contribution in [3.8, 4) is 6.07 Å². The summed E-state index contributed by atoms with van der Waals surface area (Å²) in [6.45, 7) is 1.88. The fourth-order valence-electron chi connectivity index (χ4n) is 0.963. The summed E-state index contributed by atoms with van der Waals surface area (Å²) in [4.78, 5) is 3.94. The van der Waals surface area contributed by atoms with Crippen molar-refractivity contribution in [2.75, 3.05) is 7.11 Å². The highest BCUT2D eigenvalue weighted by molar-refractivity contribution is 5.55. The number of pyridine rings is 1. The molecule has 1 heterocycles. The highest BCUT2D eigenvalue weighted by Gasteiger charge is 2.00. The molecule has 0 aromatic carbocycles. The van der Waals surface area contributed by atoms with E-state index in [1.807, 2.05) is 6.92 Å². The predicted octanol–water partition coefficient (Wildman–Crippen LogP) is 1.88. The second-order valence-electron chi connectivity index (χ2n) is 2.55. The second kappa shape index (κ2) is 4.27. The van der Waals surface area contributed by atoms with E-state index in [0.29, 0.717) is 5.56 Å². The number of hydrogen-bond acceptors (Lipinski definition) is 3. The summed E-state index contributed by atoms with van der Waals surface area (Å²) < 4.78 is 4.78. The molecule has 13 heavy (non-hydrogen) atoms. The standard InChI is InChI=1S/C10H10N2O/c1-8-9(3-4-13-2)6-12-7-10(8)5-11/h3-4,6-7H,1-2H3. The van der Waals surface area contributed by atoms with Gasteiger partial charge in [-0.2, -0.15) is 5.26 Å². The van der Waals surface area contributed by atoms with E-state index in [-0.39, 0.29) is 0 Å². The van der Waals surface area contributed by atoms with Gasteiger partial charge in [0.1, 0.15) is 6.07 Å². The molecule has 0 aliphatic heterocycles. The van der Waals surface area contributed by atoms with Crippen molar-refractivity contribution < 1.29 is 4.74 Å². The lowest BCUT2D eigenvalue weighted by atomic mass is 10.1. The van der Waals surface area contributed by atoms with Crippen LogP contribution in [0.1, 0.15) is 16.7 Å². The van der Waals surface area contributed by atoms with Crippen LogP contribution in [0, 0.1) is 18.3 Å². The Morgan fingerprint density at radius 3 is 2.92 bits per heavy atom. The van der Waals surface area contributed by atoms with Gasteiger partial charge < -0.3 is 4.74 Å². The van der Waals surface area contributed by atoms with Crippen molar-refractivity contribution in [3.05, 3.63) is 35.3 Å². The minimum atomic E-state index is 0.596. The van der Waals surface area contributed by atoms with Crippen LogP contribution < -0.4 is 0 Å². The van der Waals surface area contributed by atoms with Crippen LogP contribution in [0.15, 0.2) is 18.7 Å². The SMILES string of the molecule is COC=Cc1cncc(C#N)c1C. The highest BCUT2D eigenvalue weighted by Crippen LogP contribution is 2.12. The van der Waals surface area contributed by atoms with Crippen LogP contribution in [-0.2, 0) is 4.74 Å². The average Bonchev–Trinajstić information content (AvgIpc) is 2.16. The number of ether oxygens (including phenoxy) is 1. The number of aromatic nitrogens is 1. The van der Waals surface area contributed by atoms with E-state index >= 15 is 0 Å². The molecule has 0 N–H and O–H groups in total. The topological polar surface area (TPSA) is 45.9 Å². The van der Waals surface area contributed by atoms with Crippen LogP contribution >= 0.6 is 0 Å². The monoisotopic (exact) mass is 174 g/mol. The zero-order valence-corrected chi connectivity index (χ0v) is 7.61. The number of nitriles is 1. The Kier molecular flexibility index (Phi) is 3.04. The summed E-state index contributed by atoms with van der Waals surface area (Å²) in [5.74, 6) is 0. The molecule has 0 fully saturated rings. The van der Waals surface area contributed by atoms with Crippen LogP contribution in [0.2, 0.25) is 0 Å². The lowest BCUT2D eigenvalue weighted by molar-refractivity contribution is 0.341. The third-order valence-corrected chi connectivity index (χ3v) is 1.76. The number of nitrogens with zero attached hydrogens (tertiary/aromatic N) is 2. The quantitative estimate of drug-likeness (QED) is 0.643. The van der Waals surface area contributed by atoms with Gasteiger partial charge in [-0.1, -0.05) is 0 Å². The minimum absolute atomic E-state index is 0.596. The summed E-state index contributed by atoms with van der Waals surface area (Å²) in [7, 11) is 1.58. The number of rotatable bonds is 2. The Morgan fingerprint density at radius 2 is 2.31 bits per heavy atom. The molecule has 0 spiro atoms. The van der Waals surface area contributed by atoms with Crippen molar-refractivity contribution in [2.24, 2.45) is 0 Å². The minimum Gasteiger partial charge on any atom is -0.504 e. The Bertz CT molecular complexity index is 364. The van der Waals surface area contributed by atoms with Gasteiger partial charge in [-0.3, -0.25) is 4.98 Å². The van der Waals surface area contributed by atoms with Gasteiger partial charge in [0.05, 0.1) is 18.9 Å². The molecule has 0 amide bonds. The molecule has 0 saturated heterocycles. The van der Waals surface area contributed by atoms with E-state index in [9.17, 15) is 0 Å². The summed E-state index contributed by atoms with van der Waals surface area (Å²) >= 11 is 0. The third-order valence-electron chi connectivity index (χ3n) is 1.76. The number of methoxy groups -OCH3 is 1. The second-order valence-corrected chi connectivity index (χ2v) is 2.55. The first-order chi connectivity index (χ1) is 6.29. The molecule has 0 saturated carbocycles. The molecular weight excluding hydrogens is 164 g/mol. The van der Waals surface area contributed by atoms with Gasteiger partial charge in [0, 0.05) is 18.0 Å². The molecule has 0 aliphatic carbocycles. The zero-order valence-electron chi connectivity index (χ0n) is 7.61. The molecule has 0 unspecified atom stereocenters. The van der Waals surface area contributed by atoms with Gasteiger partial charge >= 0.3 is 0 Å². The molecule has 0 aliphatic rings. The lowest BCUT2D eigenvalue weighted by Gasteiger charge is -2.00. The van der Waals surface area contributed by atoms with E-state index in [4.69, 9.17) is 10.00 Å². The van der Waals surface area contributed by atoms with Crippen molar-refractivity contribution in [3.63, 3.8) is 0 Å². The van der Waals surface area contributed by atoms with Crippen LogP contribution in [0.4, 0.5) is 0 Å². The van der Waals surface area contributed by atoms with Gasteiger partial charge in [-0.25, -0.2) is 0 Å². The third kappa shape index (κ3) is 2.06. The molecule has 1 rings (SSSR count). The molecule has 66 valence electrons.